The molecule has 0 spiro atoms. The molecule has 2 N–H and O–H groups in total. The first-order chi connectivity index (χ1) is 11.5. The average Bonchev–Trinajstić information content (AvgIpc) is 3.00. The van der Waals surface area contributed by atoms with Gasteiger partial charge in [0.05, 0.1) is 0 Å². The second kappa shape index (κ2) is 8.00. The lowest BCUT2D eigenvalue weighted by molar-refractivity contribution is -0.149. The number of benzene rings is 1. The highest BCUT2D eigenvalue weighted by Crippen LogP contribution is 2.32. The van der Waals surface area contributed by atoms with Gasteiger partial charge in [0.1, 0.15) is 0 Å². The molecule has 1 aliphatic heterocycles. The van der Waals surface area contributed by atoms with Crippen molar-refractivity contribution in [1.29, 1.82) is 0 Å². The lowest BCUT2D eigenvalue weighted by Crippen LogP contribution is -2.44. The maximum Gasteiger partial charge on any atom is 0.331 e. The number of hydrogen-bond acceptors (Lipinski definition) is 6. The van der Waals surface area contributed by atoms with Crippen molar-refractivity contribution in [2.75, 3.05) is 13.3 Å². The molecule has 2 rings (SSSR count). The Balaban J connectivity index is 1.85. The number of nitrogens with one attached hydrogen (secondary N) is 2. The first-order valence-corrected chi connectivity index (χ1v) is 7.36. The summed E-state index contributed by atoms with van der Waals surface area (Å²) in [5.41, 5.74) is 0.718. The third kappa shape index (κ3) is 4.73. The van der Waals surface area contributed by atoms with Crippen LogP contribution in [0.2, 0.25) is 0 Å². The topological polar surface area (TPSA) is 103 Å². The number of urea groups is 1. The van der Waals surface area contributed by atoms with E-state index in [4.69, 9.17) is 14.2 Å². The van der Waals surface area contributed by atoms with E-state index in [0.717, 1.165) is 5.56 Å². The quantitative estimate of drug-likeness (QED) is 0.620. The van der Waals surface area contributed by atoms with Crippen LogP contribution in [0.4, 0.5) is 4.79 Å². The normalized spacial score (nSPS) is 13.4. The molecular weight excluding hydrogens is 316 g/mol. The largest absolute Gasteiger partial charge is 0.454 e. The molecule has 8 nitrogen and oxygen atoms in total. The predicted octanol–water partition coefficient (Wildman–Crippen LogP) is 1.21. The summed E-state index contributed by atoms with van der Waals surface area (Å²) in [6.45, 7) is 3.64. The monoisotopic (exact) mass is 334 g/mol. The summed E-state index contributed by atoms with van der Waals surface area (Å²) in [5.74, 6) is -0.164. The third-order valence-electron chi connectivity index (χ3n) is 3.04. The molecule has 0 fully saturated rings. The summed E-state index contributed by atoms with van der Waals surface area (Å²) in [4.78, 5) is 34.6. The van der Waals surface area contributed by atoms with E-state index in [0.29, 0.717) is 18.0 Å². The van der Waals surface area contributed by atoms with E-state index >= 15 is 0 Å². The summed E-state index contributed by atoms with van der Waals surface area (Å²) >= 11 is 0. The fraction of sp³-hybridized carbons (Fsp3) is 0.312. The van der Waals surface area contributed by atoms with Crippen molar-refractivity contribution in [1.82, 2.24) is 10.6 Å². The number of amides is 3. The lowest BCUT2D eigenvalue weighted by Gasteiger charge is -2.11. The Hall–Kier alpha value is -3.03. The van der Waals surface area contributed by atoms with Crippen LogP contribution in [-0.2, 0) is 14.3 Å². The molecule has 1 aromatic rings. The fourth-order valence-electron chi connectivity index (χ4n) is 1.87. The third-order valence-corrected chi connectivity index (χ3v) is 3.04. The number of esters is 1. The summed E-state index contributed by atoms with van der Waals surface area (Å²) in [7, 11) is 0. The molecule has 0 saturated heterocycles. The Morgan fingerprint density at radius 2 is 2.04 bits per heavy atom. The van der Waals surface area contributed by atoms with E-state index in [-0.39, 0.29) is 6.79 Å². The number of rotatable bonds is 5. The van der Waals surface area contributed by atoms with Crippen LogP contribution in [0.25, 0.3) is 6.08 Å². The van der Waals surface area contributed by atoms with Crippen LogP contribution in [0, 0.1) is 0 Å². The minimum absolute atomic E-state index is 0.169. The van der Waals surface area contributed by atoms with Crippen molar-refractivity contribution in [3.05, 3.63) is 29.8 Å². The van der Waals surface area contributed by atoms with Gasteiger partial charge in [0.15, 0.2) is 17.6 Å². The van der Waals surface area contributed by atoms with Gasteiger partial charge in [-0.25, -0.2) is 9.59 Å². The first-order valence-electron chi connectivity index (χ1n) is 7.36. The van der Waals surface area contributed by atoms with Gasteiger partial charge in [0, 0.05) is 12.6 Å². The molecule has 0 aliphatic carbocycles. The highest BCUT2D eigenvalue weighted by atomic mass is 16.7. The van der Waals surface area contributed by atoms with Crippen LogP contribution in [0.15, 0.2) is 24.3 Å². The summed E-state index contributed by atoms with van der Waals surface area (Å²) in [5, 5.41) is 4.47. The second-order valence-corrected chi connectivity index (χ2v) is 4.87. The van der Waals surface area contributed by atoms with E-state index < -0.39 is 24.0 Å². The van der Waals surface area contributed by atoms with Crippen molar-refractivity contribution in [3.63, 3.8) is 0 Å². The van der Waals surface area contributed by atoms with Gasteiger partial charge in [-0.05, 0) is 37.6 Å². The standard InChI is InChI=1S/C16H18N2O6/c1-3-17-16(21)18-15(20)10(2)24-14(19)7-5-11-4-6-12-13(8-11)23-9-22-12/h4-8,10H,3,9H2,1-2H3,(H2,17,18,20,21)/b7-5+/t10-/m0/s1. The molecule has 24 heavy (non-hydrogen) atoms. The Labute approximate surface area is 138 Å². The molecule has 1 aromatic carbocycles. The lowest BCUT2D eigenvalue weighted by atomic mass is 10.2. The maximum atomic E-state index is 11.7. The zero-order chi connectivity index (χ0) is 17.5. The Morgan fingerprint density at radius 1 is 1.29 bits per heavy atom. The van der Waals surface area contributed by atoms with Gasteiger partial charge in [-0.1, -0.05) is 6.07 Å². The number of hydrogen-bond donors (Lipinski definition) is 2. The van der Waals surface area contributed by atoms with Crippen LogP contribution in [0.5, 0.6) is 11.5 Å². The molecule has 1 aliphatic rings. The molecular formula is C16H18N2O6. The van der Waals surface area contributed by atoms with Gasteiger partial charge in [0.25, 0.3) is 5.91 Å². The highest BCUT2D eigenvalue weighted by molar-refractivity contribution is 5.98. The Bertz CT molecular complexity index is 671. The minimum atomic E-state index is -1.10. The van der Waals surface area contributed by atoms with Crippen LogP contribution in [0.3, 0.4) is 0 Å². The first kappa shape index (κ1) is 17.3. The molecule has 1 heterocycles. The zero-order valence-electron chi connectivity index (χ0n) is 13.3. The van der Waals surface area contributed by atoms with E-state index in [1.54, 1.807) is 25.1 Å². The van der Waals surface area contributed by atoms with Crippen LogP contribution in [-0.4, -0.2) is 37.3 Å². The molecule has 0 aromatic heterocycles. The van der Waals surface area contributed by atoms with Gasteiger partial charge in [0.2, 0.25) is 6.79 Å². The summed E-state index contributed by atoms with van der Waals surface area (Å²) in [6.07, 6.45) is 1.62. The number of ether oxygens (including phenoxy) is 3. The number of carbonyl (C=O) groups is 3. The van der Waals surface area contributed by atoms with Crippen molar-refractivity contribution in [2.45, 2.75) is 20.0 Å². The number of carbonyl (C=O) groups excluding carboxylic acids is 3. The Kier molecular flexibility index (Phi) is 5.78. The maximum absolute atomic E-state index is 11.7. The average molecular weight is 334 g/mol. The fourth-order valence-corrected chi connectivity index (χ4v) is 1.87. The number of imide groups is 1. The summed E-state index contributed by atoms with van der Waals surface area (Å²) in [6, 6.07) is 4.57. The highest BCUT2D eigenvalue weighted by Gasteiger charge is 2.18. The molecule has 0 saturated carbocycles. The van der Waals surface area contributed by atoms with Crippen molar-refractivity contribution in [2.24, 2.45) is 0 Å². The predicted molar refractivity (Wildman–Crippen MR) is 84.4 cm³/mol. The molecule has 128 valence electrons. The molecule has 0 bridgehead atoms. The van der Waals surface area contributed by atoms with Gasteiger partial charge in [-0.3, -0.25) is 10.1 Å². The van der Waals surface area contributed by atoms with Crippen molar-refractivity contribution >= 4 is 24.0 Å². The van der Waals surface area contributed by atoms with E-state index in [9.17, 15) is 14.4 Å². The molecule has 0 unspecified atom stereocenters. The van der Waals surface area contributed by atoms with Crippen LogP contribution >= 0.6 is 0 Å². The van der Waals surface area contributed by atoms with Gasteiger partial charge in [-0.15, -0.1) is 0 Å². The molecule has 3 amide bonds. The number of fused-ring (bicyclic) bond motifs is 1. The second-order valence-electron chi connectivity index (χ2n) is 4.87. The van der Waals surface area contributed by atoms with Gasteiger partial charge >= 0.3 is 12.0 Å². The van der Waals surface area contributed by atoms with E-state index in [2.05, 4.69) is 10.6 Å². The summed E-state index contributed by atoms with van der Waals surface area (Å²) < 4.78 is 15.4. The van der Waals surface area contributed by atoms with Crippen molar-refractivity contribution in [3.8, 4) is 11.5 Å². The van der Waals surface area contributed by atoms with E-state index in [1.807, 2.05) is 0 Å². The van der Waals surface area contributed by atoms with E-state index in [1.165, 1.54) is 19.1 Å². The zero-order valence-corrected chi connectivity index (χ0v) is 13.3. The SMILES string of the molecule is CCNC(=O)NC(=O)[C@H](C)OC(=O)/C=C/c1ccc2c(c1)OCO2. The molecule has 1 atom stereocenters. The van der Waals surface area contributed by atoms with Crippen LogP contribution < -0.4 is 20.1 Å². The van der Waals surface area contributed by atoms with Gasteiger partial charge in [-0.2, -0.15) is 0 Å². The van der Waals surface area contributed by atoms with Crippen LogP contribution in [0.1, 0.15) is 19.4 Å². The minimum Gasteiger partial charge on any atom is -0.454 e. The van der Waals surface area contributed by atoms with Gasteiger partial charge < -0.3 is 19.5 Å². The Morgan fingerprint density at radius 3 is 2.79 bits per heavy atom. The smallest absolute Gasteiger partial charge is 0.331 e. The van der Waals surface area contributed by atoms with Crippen molar-refractivity contribution < 1.29 is 28.6 Å². The molecule has 0 radical (unpaired) electrons. The molecule has 8 heteroatoms.